The lowest BCUT2D eigenvalue weighted by Crippen LogP contribution is -2.18. The van der Waals surface area contributed by atoms with Gasteiger partial charge in [0.25, 0.3) is 0 Å². The Morgan fingerprint density at radius 1 is 1.27 bits per heavy atom. The Labute approximate surface area is 156 Å². The Kier molecular flexibility index (Phi) is 5.36. The zero-order valence-electron chi connectivity index (χ0n) is 15.2. The van der Waals surface area contributed by atoms with Gasteiger partial charge in [-0.25, -0.2) is 4.68 Å². The summed E-state index contributed by atoms with van der Waals surface area (Å²) < 4.78 is 3.43. The van der Waals surface area contributed by atoms with Crippen molar-refractivity contribution in [3.63, 3.8) is 0 Å². The minimum absolute atomic E-state index is 0.132. The first kappa shape index (κ1) is 18.1. The molecule has 0 aliphatic rings. The quantitative estimate of drug-likeness (QED) is 0.670. The molecule has 3 aromatic rings. The average Bonchev–Trinajstić information content (AvgIpc) is 3.24. The summed E-state index contributed by atoms with van der Waals surface area (Å²) in [6, 6.07) is 7.92. The standard InChI is InChI=1S/C17H21N7OS/c1-11(2)23-15(8-9-18-23)19-16(25)10-26-17-20-21-22-24(17)14-7-5-6-12(3)13(14)4/h5-9,11H,10H2,1-4H3,(H,19,25). The summed E-state index contributed by atoms with van der Waals surface area (Å²) in [5, 5.41) is 19.5. The zero-order chi connectivity index (χ0) is 18.7. The van der Waals surface area contributed by atoms with E-state index in [1.54, 1.807) is 21.6 Å². The van der Waals surface area contributed by atoms with Crippen molar-refractivity contribution in [1.82, 2.24) is 30.0 Å². The fourth-order valence-electron chi connectivity index (χ4n) is 2.52. The molecule has 9 heteroatoms. The normalized spacial score (nSPS) is 11.1. The van der Waals surface area contributed by atoms with Gasteiger partial charge in [-0.15, -0.1) is 5.10 Å². The molecule has 0 unspecified atom stereocenters. The summed E-state index contributed by atoms with van der Waals surface area (Å²) >= 11 is 1.29. The van der Waals surface area contributed by atoms with E-state index in [1.165, 1.54) is 11.8 Å². The molecule has 3 rings (SSSR count). The smallest absolute Gasteiger partial charge is 0.235 e. The number of anilines is 1. The highest BCUT2D eigenvalue weighted by Crippen LogP contribution is 2.22. The molecule has 1 aromatic carbocycles. The highest BCUT2D eigenvalue weighted by molar-refractivity contribution is 7.99. The maximum Gasteiger partial charge on any atom is 0.235 e. The topological polar surface area (TPSA) is 90.5 Å². The average molecular weight is 371 g/mol. The van der Waals surface area contributed by atoms with Crippen LogP contribution in [0, 0.1) is 13.8 Å². The van der Waals surface area contributed by atoms with Crippen LogP contribution in [0.3, 0.4) is 0 Å². The molecule has 2 aromatic heterocycles. The highest BCUT2D eigenvalue weighted by Gasteiger charge is 2.15. The highest BCUT2D eigenvalue weighted by atomic mass is 32.2. The molecule has 2 heterocycles. The lowest BCUT2D eigenvalue weighted by atomic mass is 10.1. The zero-order valence-corrected chi connectivity index (χ0v) is 16.0. The van der Waals surface area contributed by atoms with Crippen LogP contribution in [0.2, 0.25) is 0 Å². The molecule has 26 heavy (non-hydrogen) atoms. The molecular weight excluding hydrogens is 350 g/mol. The van der Waals surface area contributed by atoms with Crippen LogP contribution in [-0.4, -0.2) is 41.6 Å². The Bertz CT molecular complexity index is 915. The second-order valence-electron chi connectivity index (χ2n) is 6.18. The van der Waals surface area contributed by atoms with Gasteiger partial charge in [0.1, 0.15) is 5.82 Å². The third-order valence-corrected chi connectivity index (χ3v) is 4.92. The summed E-state index contributed by atoms with van der Waals surface area (Å²) in [7, 11) is 0. The number of carbonyl (C=O) groups is 1. The summed E-state index contributed by atoms with van der Waals surface area (Å²) in [4.78, 5) is 12.3. The summed E-state index contributed by atoms with van der Waals surface area (Å²) in [5.41, 5.74) is 3.18. The molecule has 8 nitrogen and oxygen atoms in total. The second-order valence-corrected chi connectivity index (χ2v) is 7.13. The lowest BCUT2D eigenvalue weighted by molar-refractivity contribution is -0.113. The van der Waals surface area contributed by atoms with E-state index < -0.39 is 0 Å². The van der Waals surface area contributed by atoms with Gasteiger partial charge < -0.3 is 5.32 Å². The number of rotatable bonds is 6. The molecule has 0 aliphatic carbocycles. The number of nitrogens with one attached hydrogen (secondary N) is 1. The fraction of sp³-hybridized carbons (Fsp3) is 0.353. The van der Waals surface area contributed by atoms with Crippen LogP contribution in [-0.2, 0) is 4.79 Å². The van der Waals surface area contributed by atoms with E-state index in [0.717, 1.165) is 16.8 Å². The maximum absolute atomic E-state index is 12.3. The van der Waals surface area contributed by atoms with Gasteiger partial charge >= 0.3 is 0 Å². The maximum atomic E-state index is 12.3. The summed E-state index contributed by atoms with van der Waals surface area (Å²) in [5.74, 6) is 0.752. The molecule has 136 valence electrons. The van der Waals surface area contributed by atoms with Crippen LogP contribution in [0.15, 0.2) is 35.6 Å². The van der Waals surface area contributed by atoms with Crippen LogP contribution in [0.4, 0.5) is 5.82 Å². The van der Waals surface area contributed by atoms with Crippen molar-refractivity contribution in [2.24, 2.45) is 0 Å². The molecule has 0 spiro atoms. The fourth-order valence-corrected chi connectivity index (χ4v) is 3.20. The van der Waals surface area contributed by atoms with Gasteiger partial charge in [0.2, 0.25) is 11.1 Å². The number of tetrazole rings is 1. The summed E-state index contributed by atoms with van der Waals surface area (Å²) in [6.07, 6.45) is 1.67. The summed E-state index contributed by atoms with van der Waals surface area (Å²) in [6.45, 7) is 8.09. The molecular formula is C17H21N7OS. The van der Waals surface area contributed by atoms with Gasteiger partial charge in [-0.05, 0) is 55.3 Å². The Balaban J connectivity index is 1.69. The number of aryl methyl sites for hydroxylation is 1. The van der Waals surface area contributed by atoms with Crippen molar-refractivity contribution in [3.05, 3.63) is 41.6 Å². The molecule has 0 atom stereocenters. The molecule has 0 saturated carbocycles. The number of aromatic nitrogens is 6. The predicted molar refractivity (Wildman–Crippen MR) is 101 cm³/mol. The molecule has 0 fully saturated rings. The van der Waals surface area contributed by atoms with Crippen LogP contribution in [0.1, 0.15) is 31.0 Å². The first-order valence-electron chi connectivity index (χ1n) is 8.28. The van der Waals surface area contributed by atoms with Gasteiger partial charge in [0.05, 0.1) is 17.6 Å². The first-order valence-corrected chi connectivity index (χ1v) is 9.27. The van der Waals surface area contributed by atoms with E-state index in [0.29, 0.717) is 11.0 Å². The monoisotopic (exact) mass is 371 g/mol. The minimum Gasteiger partial charge on any atom is -0.310 e. The molecule has 0 saturated heterocycles. The number of amides is 1. The van der Waals surface area contributed by atoms with Crippen molar-refractivity contribution in [1.29, 1.82) is 0 Å². The van der Waals surface area contributed by atoms with Crippen LogP contribution in [0.25, 0.3) is 5.69 Å². The number of benzene rings is 1. The Hall–Kier alpha value is -2.68. The van der Waals surface area contributed by atoms with E-state index in [4.69, 9.17) is 0 Å². The van der Waals surface area contributed by atoms with Gasteiger partial charge in [-0.3, -0.25) is 4.79 Å². The van der Waals surface area contributed by atoms with Gasteiger partial charge in [0, 0.05) is 12.1 Å². The minimum atomic E-state index is -0.132. The molecule has 1 N–H and O–H groups in total. The predicted octanol–water partition coefficient (Wildman–Crippen LogP) is 2.79. The van der Waals surface area contributed by atoms with Gasteiger partial charge in [-0.1, -0.05) is 23.9 Å². The van der Waals surface area contributed by atoms with Crippen molar-refractivity contribution in [2.45, 2.75) is 38.9 Å². The molecule has 1 amide bonds. The van der Waals surface area contributed by atoms with Gasteiger partial charge in [-0.2, -0.15) is 9.78 Å². The lowest BCUT2D eigenvalue weighted by Gasteiger charge is -2.12. The van der Waals surface area contributed by atoms with E-state index in [-0.39, 0.29) is 17.7 Å². The second kappa shape index (κ2) is 7.69. The number of hydrogen-bond donors (Lipinski definition) is 1. The van der Waals surface area contributed by atoms with Crippen LogP contribution >= 0.6 is 11.8 Å². The van der Waals surface area contributed by atoms with Crippen molar-refractivity contribution < 1.29 is 4.79 Å². The molecule has 0 radical (unpaired) electrons. The third kappa shape index (κ3) is 3.77. The van der Waals surface area contributed by atoms with Crippen LogP contribution in [0.5, 0.6) is 0 Å². The third-order valence-electron chi connectivity index (χ3n) is 4.00. The molecule has 0 bridgehead atoms. The number of nitrogens with zero attached hydrogens (tertiary/aromatic N) is 6. The van der Waals surface area contributed by atoms with E-state index in [1.807, 2.05) is 45.9 Å². The number of thioether (sulfide) groups is 1. The van der Waals surface area contributed by atoms with Crippen molar-refractivity contribution in [2.75, 3.05) is 11.1 Å². The van der Waals surface area contributed by atoms with Crippen molar-refractivity contribution in [3.8, 4) is 5.69 Å². The van der Waals surface area contributed by atoms with E-state index in [9.17, 15) is 4.79 Å². The van der Waals surface area contributed by atoms with Crippen LogP contribution < -0.4 is 5.32 Å². The Morgan fingerprint density at radius 2 is 2.08 bits per heavy atom. The number of carbonyl (C=O) groups excluding carboxylic acids is 1. The van der Waals surface area contributed by atoms with Crippen molar-refractivity contribution >= 4 is 23.5 Å². The Morgan fingerprint density at radius 3 is 2.85 bits per heavy atom. The van der Waals surface area contributed by atoms with Gasteiger partial charge in [0.15, 0.2) is 0 Å². The van der Waals surface area contributed by atoms with E-state index in [2.05, 4.69) is 25.9 Å². The largest absolute Gasteiger partial charge is 0.310 e. The van der Waals surface area contributed by atoms with E-state index >= 15 is 0 Å². The first-order chi connectivity index (χ1) is 12.5. The molecule has 0 aliphatic heterocycles. The SMILES string of the molecule is Cc1cccc(-n2nnnc2SCC(=O)Nc2ccnn2C(C)C)c1C. The number of hydrogen-bond acceptors (Lipinski definition) is 6.